The summed E-state index contributed by atoms with van der Waals surface area (Å²) >= 11 is 0. The summed E-state index contributed by atoms with van der Waals surface area (Å²) in [5, 5.41) is 0. The normalized spacial score (nSPS) is 37.8. The van der Waals surface area contributed by atoms with E-state index in [1.165, 1.54) is 25.7 Å². The molecule has 0 radical (unpaired) electrons. The maximum absolute atomic E-state index is 11.3. The Morgan fingerprint density at radius 3 is 2.43 bits per heavy atom. The summed E-state index contributed by atoms with van der Waals surface area (Å²) in [5.41, 5.74) is 5.74. The van der Waals surface area contributed by atoms with Crippen LogP contribution in [0.15, 0.2) is 0 Å². The van der Waals surface area contributed by atoms with Crippen LogP contribution in [-0.4, -0.2) is 25.5 Å². The minimum absolute atomic E-state index is 0.219. The Balaban J connectivity index is 1.96. The standard InChI is InChI=1S/C10H19NO2S/c11-10(5-6-14(12,13)8-10)7-9-3-1-2-4-9/h9H,1-8,11H2. The Labute approximate surface area is 86.0 Å². The van der Waals surface area contributed by atoms with Crippen LogP contribution in [0.2, 0.25) is 0 Å². The molecule has 3 nitrogen and oxygen atoms in total. The zero-order valence-electron chi connectivity index (χ0n) is 8.54. The fourth-order valence-corrected chi connectivity index (χ4v) is 4.89. The Kier molecular flexibility index (Phi) is 2.60. The van der Waals surface area contributed by atoms with Gasteiger partial charge in [-0.25, -0.2) is 8.42 Å². The summed E-state index contributed by atoms with van der Waals surface area (Å²) in [4.78, 5) is 0. The van der Waals surface area contributed by atoms with Crippen LogP contribution in [0, 0.1) is 5.92 Å². The molecule has 1 aliphatic heterocycles. The first-order valence-corrected chi connectivity index (χ1v) is 7.31. The van der Waals surface area contributed by atoms with Gasteiger partial charge < -0.3 is 5.73 Å². The van der Waals surface area contributed by atoms with E-state index in [9.17, 15) is 8.42 Å². The van der Waals surface area contributed by atoms with Gasteiger partial charge in [0.05, 0.1) is 11.5 Å². The zero-order valence-corrected chi connectivity index (χ0v) is 9.35. The molecule has 0 aromatic carbocycles. The third kappa shape index (κ3) is 2.28. The van der Waals surface area contributed by atoms with Gasteiger partial charge in [0.15, 0.2) is 9.84 Å². The second kappa shape index (κ2) is 3.49. The molecule has 82 valence electrons. The largest absolute Gasteiger partial charge is 0.324 e. The maximum atomic E-state index is 11.3. The molecule has 1 unspecified atom stereocenters. The maximum Gasteiger partial charge on any atom is 0.152 e. The molecule has 0 bridgehead atoms. The molecule has 2 aliphatic rings. The molecule has 1 saturated carbocycles. The van der Waals surface area contributed by atoms with Crippen LogP contribution in [0.1, 0.15) is 38.5 Å². The fourth-order valence-electron chi connectivity index (χ4n) is 2.89. The lowest BCUT2D eigenvalue weighted by Gasteiger charge is -2.25. The molecule has 0 aromatic heterocycles. The molecule has 4 heteroatoms. The summed E-state index contributed by atoms with van der Waals surface area (Å²) in [6.45, 7) is 0. The van der Waals surface area contributed by atoms with E-state index in [2.05, 4.69) is 0 Å². The van der Waals surface area contributed by atoms with Gasteiger partial charge >= 0.3 is 0 Å². The summed E-state index contributed by atoms with van der Waals surface area (Å²) < 4.78 is 22.7. The Morgan fingerprint density at radius 1 is 1.29 bits per heavy atom. The highest BCUT2D eigenvalue weighted by molar-refractivity contribution is 7.91. The smallest absolute Gasteiger partial charge is 0.152 e. The van der Waals surface area contributed by atoms with Crippen LogP contribution in [-0.2, 0) is 9.84 Å². The van der Waals surface area contributed by atoms with Crippen molar-refractivity contribution in [2.45, 2.75) is 44.1 Å². The van der Waals surface area contributed by atoms with Gasteiger partial charge in [-0.05, 0) is 18.8 Å². The van der Waals surface area contributed by atoms with Crippen LogP contribution in [0.25, 0.3) is 0 Å². The third-order valence-corrected chi connectivity index (χ3v) is 5.43. The van der Waals surface area contributed by atoms with Crippen LogP contribution >= 0.6 is 0 Å². The van der Waals surface area contributed by atoms with Crippen LogP contribution < -0.4 is 5.73 Å². The molecule has 0 aromatic rings. The molecule has 2 fully saturated rings. The van der Waals surface area contributed by atoms with Gasteiger partial charge in [-0.3, -0.25) is 0 Å². The van der Waals surface area contributed by atoms with Crippen molar-refractivity contribution < 1.29 is 8.42 Å². The third-order valence-electron chi connectivity index (χ3n) is 3.59. The van der Waals surface area contributed by atoms with Crippen LogP contribution in [0.4, 0.5) is 0 Å². The average Bonchev–Trinajstić information content (AvgIpc) is 2.60. The van der Waals surface area contributed by atoms with Crippen molar-refractivity contribution >= 4 is 9.84 Å². The van der Waals surface area contributed by atoms with E-state index >= 15 is 0 Å². The Bertz CT molecular complexity index is 306. The molecule has 0 spiro atoms. The quantitative estimate of drug-likeness (QED) is 0.753. The van der Waals surface area contributed by atoms with Crippen molar-refractivity contribution in [2.24, 2.45) is 11.7 Å². The lowest BCUT2D eigenvalue weighted by molar-refractivity contribution is 0.348. The van der Waals surface area contributed by atoms with E-state index in [0.29, 0.717) is 18.1 Å². The number of rotatable bonds is 2. The van der Waals surface area contributed by atoms with Crippen LogP contribution in [0.5, 0.6) is 0 Å². The van der Waals surface area contributed by atoms with E-state index < -0.39 is 15.4 Å². The number of nitrogens with two attached hydrogens (primary N) is 1. The Morgan fingerprint density at radius 2 is 1.93 bits per heavy atom. The first-order valence-electron chi connectivity index (χ1n) is 5.48. The van der Waals surface area contributed by atoms with Crippen molar-refractivity contribution in [2.75, 3.05) is 11.5 Å². The highest BCUT2D eigenvalue weighted by Gasteiger charge is 2.40. The average molecular weight is 217 g/mol. The molecule has 2 N–H and O–H groups in total. The molecule has 0 amide bonds. The van der Waals surface area contributed by atoms with Gasteiger partial charge in [-0.1, -0.05) is 25.7 Å². The van der Waals surface area contributed by atoms with Crippen molar-refractivity contribution in [1.29, 1.82) is 0 Å². The zero-order chi connectivity index (χ0) is 10.2. The van der Waals surface area contributed by atoms with Crippen molar-refractivity contribution in [3.8, 4) is 0 Å². The van der Waals surface area contributed by atoms with Crippen LogP contribution in [0.3, 0.4) is 0 Å². The van der Waals surface area contributed by atoms with E-state index in [1.807, 2.05) is 0 Å². The van der Waals surface area contributed by atoms with Gasteiger partial charge in [-0.2, -0.15) is 0 Å². The molecule has 1 heterocycles. The molecular weight excluding hydrogens is 198 g/mol. The second-order valence-corrected chi connectivity index (χ2v) is 7.24. The first kappa shape index (κ1) is 10.4. The lowest BCUT2D eigenvalue weighted by atomic mass is 9.87. The van der Waals surface area contributed by atoms with E-state index in [4.69, 9.17) is 5.73 Å². The van der Waals surface area contributed by atoms with E-state index in [-0.39, 0.29) is 5.75 Å². The van der Waals surface area contributed by atoms with Gasteiger partial charge in [0.25, 0.3) is 0 Å². The summed E-state index contributed by atoms with van der Waals surface area (Å²) in [6.07, 6.45) is 6.69. The molecule has 14 heavy (non-hydrogen) atoms. The summed E-state index contributed by atoms with van der Waals surface area (Å²) in [7, 11) is -2.82. The second-order valence-electron chi connectivity index (χ2n) is 5.06. The topological polar surface area (TPSA) is 60.2 Å². The van der Waals surface area contributed by atoms with Gasteiger partial charge in [0.1, 0.15) is 0 Å². The molecule has 2 rings (SSSR count). The monoisotopic (exact) mass is 217 g/mol. The van der Waals surface area contributed by atoms with E-state index in [0.717, 1.165) is 6.42 Å². The van der Waals surface area contributed by atoms with Gasteiger partial charge in [0, 0.05) is 5.54 Å². The summed E-state index contributed by atoms with van der Waals surface area (Å²) in [6, 6.07) is 0. The minimum Gasteiger partial charge on any atom is -0.324 e. The highest BCUT2D eigenvalue weighted by atomic mass is 32.2. The van der Waals surface area contributed by atoms with E-state index in [1.54, 1.807) is 0 Å². The summed E-state index contributed by atoms with van der Waals surface area (Å²) in [5.74, 6) is 1.21. The molecule has 1 aliphatic carbocycles. The SMILES string of the molecule is NC1(CC2CCCC2)CCS(=O)(=O)C1. The number of sulfone groups is 1. The van der Waals surface area contributed by atoms with Crippen molar-refractivity contribution in [3.05, 3.63) is 0 Å². The van der Waals surface area contributed by atoms with Crippen molar-refractivity contribution in [1.82, 2.24) is 0 Å². The van der Waals surface area contributed by atoms with Crippen molar-refractivity contribution in [3.63, 3.8) is 0 Å². The fraction of sp³-hybridized carbons (Fsp3) is 1.00. The first-order chi connectivity index (χ1) is 6.49. The highest BCUT2D eigenvalue weighted by Crippen LogP contribution is 2.35. The van der Waals surface area contributed by atoms with Gasteiger partial charge in [0.2, 0.25) is 0 Å². The predicted molar refractivity (Wildman–Crippen MR) is 56.8 cm³/mol. The lowest BCUT2D eigenvalue weighted by Crippen LogP contribution is -2.42. The van der Waals surface area contributed by atoms with Gasteiger partial charge in [-0.15, -0.1) is 0 Å². The molecular formula is C10H19NO2S. The predicted octanol–water partition coefficient (Wildman–Crippen LogP) is 1.08. The molecule has 1 atom stereocenters. The minimum atomic E-state index is -2.82. The molecule has 1 saturated heterocycles. The Hall–Kier alpha value is -0.0900. The number of hydrogen-bond donors (Lipinski definition) is 1. The number of hydrogen-bond acceptors (Lipinski definition) is 3.